The van der Waals surface area contributed by atoms with Gasteiger partial charge in [-0.25, -0.2) is 19.3 Å². The minimum Gasteiger partial charge on any atom is -0.353 e. The lowest BCUT2D eigenvalue weighted by atomic mass is 10.3. The zero-order valence-electron chi connectivity index (χ0n) is 10.7. The number of anilines is 2. The van der Waals surface area contributed by atoms with Crippen LogP contribution in [-0.2, 0) is 0 Å². The average Bonchev–Trinajstić information content (AvgIpc) is 2.48. The van der Waals surface area contributed by atoms with Crippen LogP contribution in [0.1, 0.15) is 0 Å². The first-order valence-electron chi connectivity index (χ1n) is 6.31. The van der Waals surface area contributed by atoms with Crippen LogP contribution in [-0.4, -0.2) is 41.1 Å². The predicted molar refractivity (Wildman–Crippen MR) is 78.4 cm³/mol. The van der Waals surface area contributed by atoms with Crippen LogP contribution in [0.25, 0.3) is 0 Å². The van der Waals surface area contributed by atoms with E-state index in [2.05, 4.69) is 35.8 Å². The summed E-state index contributed by atoms with van der Waals surface area (Å²) in [5.41, 5.74) is 0. The van der Waals surface area contributed by atoms with Crippen LogP contribution in [0.15, 0.2) is 35.3 Å². The molecule has 2 aromatic rings. The maximum atomic E-state index is 13.9. The van der Waals surface area contributed by atoms with Crippen molar-refractivity contribution >= 4 is 27.6 Å². The SMILES string of the molecule is Fc1cc(Br)cnc1N1CCN(c2ccncn2)CC1. The lowest BCUT2D eigenvalue weighted by Crippen LogP contribution is -2.47. The van der Waals surface area contributed by atoms with E-state index in [0.29, 0.717) is 10.3 Å². The molecule has 3 heterocycles. The second kappa shape index (κ2) is 5.70. The Morgan fingerprint density at radius 3 is 2.50 bits per heavy atom. The Morgan fingerprint density at radius 1 is 1.10 bits per heavy atom. The van der Waals surface area contributed by atoms with Gasteiger partial charge in [-0.2, -0.15) is 0 Å². The summed E-state index contributed by atoms with van der Waals surface area (Å²) in [7, 11) is 0. The van der Waals surface area contributed by atoms with Crippen molar-refractivity contribution in [2.75, 3.05) is 36.0 Å². The molecule has 2 aromatic heterocycles. The van der Waals surface area contributed by atoms with E-state index in [0.717, 1.165) is 32.0 Å². The summed E-state index contributed by atoms with van der Waals surface area (Å²) < 4.78 is 14.5. The van der Waals surface area contributed by atoms with E-state index in [9.17, 15) is 4.39 Å². The summed E-state index contributed by atoms with van der Waals surface area (Å²) >= 11 is 3.22. The number of hydrogen-bond acceptors (Lipinski definition) is 5. The maximum Gasteiger partial charge on any atom is 0.166 e. The average molecular weight is 338 g/mol. The standard InChI is InChI=1S/C13H13BrFN5/c14-10-7-11(15)13(17-8-10)20-5-3-19(4-6-20)12-1-2-16-9-18-12/h1-2,7-9H,3-6H2. The van der Waals surface area contributed by atoms with Crippen LogP contribution < -0.4 is 9.80 Å². The van der Waals surface area contributed by atoms with Gasteiger partial charge in [-0.1, -0.05) is 0 Å². The quantitative estimate of drug-likeness (QED) is 0.839. The van der Waals surface area contributed by atoms with Crippen molar-refractivity contribution in [3.63, 3.8) is 0 Å². The Bertz CT molecular complexity index is 587. The third-order valence-corrected chi connectivity index (χ3v) is 3.69. The number of pyridine rings is 1. The summed E-state index contributed by atoms with van der Waals surface area (Å²) in [6, 6.07) is 3.33. The van der Waals surface area contributed by atoms with Crippen molar-refractivity contribution < 1.29 is 4.39 Å². The molecular weight excluding hydrogens is 325 g/mol. The maximum absolute atomic E-state index is 13.9. The normalized spacial score (nSPS) is 15.5. The van der Waals surface area contributed by atoms with Crippen LogP contribution in [0.4, 0.5) is 16.0 Å². The second-order valence-electron chi connectivity index (χ2n) is 4.50. The van der Waals surface area contributed by atoms with Crippen LogP contribution in [0.2, 0.25) is 0 Å². The minimum absolute atomic E-state index is 0.296. The zero-order valence-corrected chi connectivity index (χ0v) is 12.3. The van der Waals surface area contributed by atoms with Crippen LogP contribution in [0.5, 0.6) is 0 Å². The molecule has 0 amide bonds. The molecule has 3 rings (SSSR count). The highest BCUT2D eigenvalue weighted by atomic mass is 79.9. The summed E-state index contributed by atoms with van der Waals surface area (Å²) in [6.45, 7) is 3.01. The zero-order chi connectivity index (χ0) is 13.9. The van der Waals surface area contributed by atoms with Gasteiger partial charge in [-0.3, -0.25) is 0 Å². The molecule has 0 bridgehead atoms. The number of aromatic nitrogens is 3. The number of piperazine rings is 1. The van der Waals surface area contributed by atoms with Crippen LogP contribution in [0, 0.1) is 5.82 Å². The summed E-state index contributed by atoms with van der Waals surface area (Å²) in [6.07, 6.45) is 4.89. The lowest BCUT2D eigenvalue weighted by Gasteiger charge is -2.36. The molecule has 0 atom stereocenters. The highest BCUT2D eigenvalue weighted by Gasteiger charge is 2.21. The molecule has 0 aromatic carbocycles. The van der Waals surface area contributed by atoms with E-state index >= 15 is 0 Å². The number of nitrogens with zero attached hydrogens (tertiary/aromatic N) is 5. The van der Waals surface area contributed by atoms with Crippen molar-refractivity contribution in [2.45, 2.75) is 0 Å². The lowest BCUT2D eigenvalue weighted by molar-refractivity contribution is 0.586. The van der Waals surface area contributed by atoms with E-state index in [4.69, 9.17) is 0 Å². The first kappa shape index (κ1) is 13.2. The Balaban J connectivity index is 1.69. The Kier molecular flexibility index (Phi) is 3.77. The molecule has 0 radical (unpaired) electrons. The summed E-state index contributed by atoms with van der Waals surface area (Å²) in [5, 5.41) is 0. The van der Waals surface area contributed by atoms with Gasteiger partial charge in [0.2, 0.25) is 0 Å². The molecule has 0 N–H and O–H groups in total. The molecule has 104 valence electrons. The van der Waals surface area contributed by atoms with Gasteiger partial charge in [0.1, 0.15) is 12.1 Å². The summed E-state index contributed by atoms with van der Waals surface area (Å²) in [5.74, 6) is 1.02. The highest BCUT2D eigenvalue weighted by Crippen LogP contribution is 2.22. The Hall–Kier alpha value is -1.76. The fourth-order valence-electron chi connectivity index (χ4n) is 2.26. The first-order valence-corrected chi connectivity index (χ1v) is 7.10. The van der Waals surface area contributed by atoms with Gasteiger partial charge in [-0.15, -0.1) is 0 Å². The molecule has 7 heteroatoms. The van der Waals surface area contributed by atoms with Crippen molar-refractivity contribution in [1.82, 2.24) is 15.0 Å². The fourth-order valence-corrected chi connectivity index (χ4v) is 2.56. The topological polar surface area (TPSA) is 45.2 Å². The van der Waals surface area contributed by atoms with E-state index in [1.165, 1.54) is 12.4 Å². The third-order valence-electron chi connectivity index (χ3n) is 3.26. The second-order valence-corrected chi connectivity index (χ2v) is 5.42. The molecular formula is C13H13BrFN5. The van der Waals surface area contributed by atoms with Gasteiger partial charge in [0.05, 0.1) is 0 Å². The van der Waals surface area contributed by atoms with Gasteiger partial charge >= 0.3 is 0 Å². The van der Waals surface area contributed by atoms with E-state index in [1.807, 2.05) is 11.0 Å². The summed E-state index contributed by atoms with van der Waals surface area (Å²) in [4.78, 5) is 16.4. The Morgan fingerprint density at radius 2 is 1.85 bits per heavy atom. The minimum atomic E-state index is -0.296. The molecule has 0 unspecified atom stereocenters. The monoisotopic (exact) mass is 337 g/mol. The molecule has 0 aliphatic carbocycles. The largest absolute Gasteiger partial charge is 0.353 e. The van der Waals surface area contributed by atoms with Gasteiger partial charge in [0, 0.05) is 43.0 Å². The molecule has 1 aliphatic heterocycles. The first-order chi connectivity index (χ1) is 9.74. The molecule has 1 saturated heterocycles. The van der Waals surface area contributed by atoms with Crippen molar-refractivity contribution in [3.8, 4) is 0 Å². The van der Waals surface area contributed by atoms with Gasteiger partial charge in [0.15, 0.2) is 11.6 Å². The van der Waals surface area contributed by atoms with Crippen LogP contribution in [0.3, 0.4) is 0 Å². The molecule has 5 nitrogen and oxygen atoms in total. The third kappa shape index (κ3) is 2.72. The molecule has 0 saturated carbocycles. The van der Waals surface area contributed by atoms with E-state index in [-0.39, 0.29) is 5.82 Å². The van der Waals surface area contributed by atoms with Crippen molar-refractivity contribution in [2.24, 2.45) is 0 Å². The van der Waals surface area contributed by atoms with E-state index in [1.54, 1.807) is 12.4 Å². The van der Waals surface area contributed by atoms with Crippen molar-refractivity contribution in [1.29, 1.82) is 0 Å². The van der Waals surface area contributed by atoms with Gasteiger partial charge in [0.25, 0.3) is 0 Å². The number of hydrogen-bond donors (Lipinski definition) is 0. The molecule has 1 aliphatic rings. The van der Waals surface area contributed by atoms with Gasteiger partial charge < -0.3 is 9.80 Å². The smallest absolute Gasteiger partial charge is 0.166 e. The predicted octanol–water partition coefficient (Wildman–Crippen LogP) is 2.10. The number of rotatable bonds is 2. The molecule has 20 heavy (non-hydrogen) atoms. The number of halogens is 2. The van der Waals surface area contributed by atoms with Crippen LogP contribution >= 0.6 is 15.9 Å². The Labute approximate surface area is 124 Å². The molecule has 1 fully saturated rings. The molecule has 0 spiro atoms. The van der Waals surface area contributed by atoms with E-state index < -0.39 is 0 Å². The fraction of sp³-hybridized carbons (Fsp3) is 0.308. The highest BCUT2D eigenvalue weighted by molar-refractivity contribution is 9.10. The van der Waals surface area contributed by atoms with Crippen molar-refractivity contribution in [3.05, 3.63) is 41.1 Å². The van der Waals surface area contributed by atoms with Gasteiger partial charge in [-0.05, 0) is 28.1 Å².